The number of rotatable bonds is 6. The average Bonchev–Trinajstić information content (AvgIpc) is 2.43. The number of ether oxygens (including phenoxy) is 1. The van der Waals surface area contributed by atoms with Crippen molar-refractivity contribution in [3.8, 4) is 0 Å². The fourth-order valence-corrected chi connectivity index (χ4v) is 2.17. The third-order valence-electron chi connectivity index (χ3n) is 3.23. The maximum Gasteiger partial charge on any atom is 0.378 e. The third kappa shape index (κ3) is 3.29. The number of benzene rings is 1. The number of hydrogen-bond donors (Lipinski definition) is 2. The molecule has 0 radical (unpaired) electrons. The minimum absolute atomic E-state index is 0.207. The molecule has 23 heavy (non-hydrogen) atoms. The molecule has 5 nitrogen and oxygen atoms in total. The largest absolute Gasteiger partial charge is 0.477 e. The van der Waals surface area contributed by atoms with Crippen molar-refractivity contribution in [2.75, 3.05) is 0 Å². The maximum atomic E-state index is 14.1. The molecule has 2 N–H and O–H groups in total. The van der Waals surface area contributed by atoms with Crippen molar-refractivity contribution >= 4 is 11.9 Å². The van der Waals surface area contributed by atoms with Crippen molar-refractivity contribution in [1.82, 2.24) is 0 Å². The summed E-state index contributed by atoms with van der Waals surface area (Å²) in [7, 11) is 0. The van der Waals surface area contributed by atoms with E-state index in [0.29, 0.717) is 12.1 Å². The molecule has 0 aliphatic carbocycles. The highest BCUT2D eigenvalue weighted by Crippen LogP contribution is 2.44. The normalized spacial score (nSPS) is 15.6. The summed E-state index contributed by atoms with van der Waals surface area (Å²) in [6.45, 7) is 2.07. The first-order valence-corrected chi connectivity index (χ1v) is 6.44. The number of carboxylic acids is 1. The van der Waals surface area contributed by atoms with Crippen LogP contribution in [0.15, 0.2) is 18.2 Å². The zero-order valence-corrected chi connectivity index (χ0v) is 12.1. The molecule has 0 fully saturated rings. The number of carboxylic acid groups (broad SMARTS) is 1. The van der Waals surface area contributed by atoms with Crippen molar-refractivity contribution < 1.29 is 42.1 Å². The summed E-state index contributed by atoms with van der Waals surface area (Å²) in [5, 5.41) is 19.1. The van der Waals surface area contributed by atoms with Gasteiger partial charge in [0.05, 0.1) is 0 Å². The summed E-state index contributed by atoms with van der Waals surface area (Å²) >= 11 is 0. The number of aliphatic hydroxyl groups is 1. The number of carbonyl (C=O) groups excluding carboxylic acids is 1. The molecular formula is C14H14F4O5. The zero-order valence-electron chi connectivity index (χ0n) is 12.1. The van der Waals surface area contributed by atoms with E-state index in [4.69, 9.17) is 5.11 Å². The molecule has 0 saturated heterocycles. The third-order valence-corrected chi connectivity index (χ3v) is 3.23. The van der Waals surface area contributed by atoms with E-state index in [9.17, 15) is 32.3 Å². The van der Waals surface area contributed by atoms with Gasteiger partial charge in [-0.2, -0.15) is 8.78 Å². The van der Waals surface area contributed by atoms with Crippen LogP contribution < -0.4 is 0 Å². The van der Waals surface area contributed by atoms with Crippen molar-refractivity contribution in [2.45, 2.75) is 37.9 Å². The molecule has 0 spiro atoms. The standard InChI is InChI=1S/C14H14F4O5/c1-3-11(23-7(2)19)13(22,14(17,18)12(20)21)9-5-4-8(15)6-10(9)16/h4-6,11,22H,3H2,1-2H3,(H,20,21). The van der Waals surface area contributed by atoms with Crippen LogP contribution in [0.25, 0.3) is 0 Å². The van der Waals surface area contributed by atoms with Crippen molar-refractivity contribution in [3.05, 3.63) is 35.4 Å². The van der Waals surface area contributed by atoms with Gasteiger partial charge in [-0.1, -0.05) is 6.92 Å². The molecule has 0 heterocycles. The number of carbonyl (C=O) groups is 2. The monoisotopic (exact) mass is 338 g/mol. The molecule has 0 aliphatic heterocycles. The molecule has 0 aliphatic rings. The van der Waals surface area contributed by atoms with Crippen LogP contribution in [-0.2, 0) is 19.9 Å². The number of aliphatic carboxylic acids is 1. The van der Waals surface area contributed by atoms with Gasteiger partial charge in [0, 0.05) is 18.6 Å². The van der Waals surface area contributed by atoms with Gasteiger partial charge in [-0.3, -0.25) is 4.79 Å². The van der Waals surface area contributed by atoms with Gasteiger partial charge in [-0.25, -0.2) is 13.6 Å². The first-order valence-electron chi connectivity index (χ1n) is 6.44. The summed E-state index contributed by atoms with van der Waals surface area (Å²) in [5.41, 5.74) is -4.92. The number of alkyl halides is 2. The van der Waals surface area contributed by atoms with Crippen molar-refractivity contribution in [2.24, 2.45) is 0 Å². The molecule has 0 aromatic heterocycles. The Labute approximate surface area is 128 Å². The summed E-state index contributed by atoms with van der Waals surface area (Å²) in [6.07, 6.45) is -2.53. The average molecular weight is 338 g/mol. The van der Waals surface area contributed by atoms with Gasteiger partial charge in [-0.05, 0) is 18.6 Å². The fraction of sp³-hybridized carbons (Fsp3) is 0.429. The molecule has 1 rings (SSSR count). The predicted molar refractivity (Wildman–Crippen MR) is 68.7 cm³/mol. The van der Waals surface area contributed by atoms with Crippen LogP contribution in [0.2, 0.25) is 0 Å². The van der Waals surface area contributed by atoms with Crippen LogP contribution in [0.3, 0.4) is 0 Å². The van der Waals surface area contributed by atoms with Crippen LogP contribution in [-0.4, -0.2) is 34.2 Å². The van der Waals surface area contributed by atoms with Gasteiger partial charge in [0.25, 0.3) is 0 Å². The lowest BCUT2D eigenvalue weighted by Gasteiger charge is -2.38. The highest BCUT2D eigenvalue weighted by atomic mass is 19.3. The number of esters is 1. The summed E-state index contributed by atoms with van der Waals surface area (Å²) in [5.74, 6) is -11.5. The number of hydrogen-bond acceptors (Lipinski definition) is 4. The molecule has 9 heteroatoms. The molecule has 0 amide bonds. The van der Waals surface area contributed by atoms with Gasteiger partial charge in [0.1, 0.15) is 17.7 Å². The molecule has 0 saturated carbocycles. The molecule has 1 aromatic carbocycles. The molecule has 128 valence electrons. The Bertz CT molecular complexity index is 619. The lowest BCUT2D eigenvalue weighted by molar-refractivity contribution is -0.246. The van der Waals surface area contributed by atoms with E-state index in [1.807, 2.05) is 0 Å². The Morgan fingerprint density at radius 1 is 1.30 bits per heavy atom. The molecule has 1 aromatic rings. The van der Waals surface area contributed by atoms with Gasteiger partial charge in [0.2, 0.25) is 5.60 Å². The van der Waals surface area contributed by atoms with Crippen molar-refractivity contribution in [3.63, 3.8) is 0 Å². The summed E-state index contributed by atoms with van der Waals surface area (Å²) in [4.78, 5) is 21.9. The first kappa shape index (κ1) is 18.9. The van der Waals surface area contributed by atoms with E-state index < -0.39 is 53.2 Å². The highest BCUT2D eigenvalue weighted by molar-refractivity contribution is 5.78. The van der Waals surface area contributed by atoms with E-state index in [1.54, 1.807) is 0 Å². The SMILES string of the molecule is CCC(OC(C)=O)C(O)(c1ccc(F)cc1F)C(F)(F)C(=O)O. The van der Waals surface area contributed by atoms with Gasteiger partial charge < -0.3 is 14.9 Å². The lowest BCUT2D eigenvalue weighted by atomic mass is 9.80. The second-order valence-electron chi connectivity index (χ2n) is 4.78. The first-order chi connectivity index (χ1) is 10.5. The Hall–Kier alpha value is -2.16. The predicted octanol–water partition coefficient (Wildman–Crippen LogP) is 2.21. The van der Waals surface area contributed by atoms with Crippen LogP contribution in [0.5, 0.6) is 0 Å². The lowest BCUT2D eigenvalue weighted by Crippen LogP contribution is -2.59. The molecule has 2 atom stereocenters. The van der Waals surface area contributed by atoms with Gasteiger partial charge in [-0.15, -0.1) is 0 Å². The van der Waals surface area contributed by atoms with Crippen LogP contribution in [0.1, 0.15) is 25.8 Å². The Balaban J connectivity index is 3.66. The van der Waals surface area contributed by atoms with E-state index >= 15 is 0 Å². The maximum absolute atomic E-state index is 14.1. The minimum Gasteiger partial charge on any atom is -0.477 e. The molecular weight excluding hydrogens is 324 g/mol. The highest BCUT2D eigenvalue weighted by Gasteiger charge is 2.65. The smallest absolute Gasteiger partial charge is 0.378 e. The second-order valence-corrected chi connectivity index (χ2v) is 4.78. The van der Waals surface area contributed by atoms with E-state index in [1.165, 1.54) is 6.92 Å². The molecule has 2 unspecified atom stereocenters. The van der Waals surface area contributed by atoms with Gasteiger partial charge >= 0.3 is 17.9 Å². The van der Waals surface area contributed by atoms with E-state index in [2.05, 4.69) is 4.74 Å². The molecule has 0 bridgehead atoms. The fourth-order valence-electron chi connectivity index (χ4n) is 2.17. The van der Waals surface area contributed by atoms with Crippen LogP contribution in [0.4, 0.5) is 17.6 Å². The summed E-state index contributed by atoms with van der Waals surface area (Å²) in [6, 6.07) is 1.26. The van der Waals surface area contributed by atoms with Gasteiger partial charge in [0.15, 0.2) is 0 Å². The van der Waals surface area contributed by atoms with E-state index in [0.717, 1.165) is 6.92 Å². The number of halogens is 4. The Kier molecular flexibility index (Phi) is 5.36. The quantitative estimate of drug-likeness (QED) is 0.614. The summed E-state index contributed by atoms with van der Waals surface area (Å²) < 4.78 is 59.7. The van der Waals surface area contributed by atoms with Crippen LogP contribution >= 0.6 is 0 Å². The van der Waals surface area contributed by atoms with Crippen LogP contribution in [0, 0.1) is 11.6 Å². The second kappa shape index (κ2) is 6.53. The Morgan fingerprint density at radius 2 is 1.87 bits per heavy atom. The van der Waals surface area contributed by atoms with E-state index in [-0.39, 0.29) is 6.07 Å². The zero-order chi connectivity index (χ0) is 18.0. The topological polar surface area (TPSA) is 83.8 Å². The minimum atomic E-state index is -4.91. The van der Waals surface area contributed by atoms with Crippen molar-refractivity contribution in [1.29, 1.82) is 0 Å². The Morgan fingerprint density at radius 3 is 2.26 bits per heavy atom.